The molecule has 0 radical (unpaired) electrons. The summed E-state index contributed by atoms with van der Waals surface area (Å²) in [6, 6.07) is 5.91. The van der Waals surface area contributed by atoms with Gasteiger partial charge in [0.15, 0.2) is 0 Å². The normalized spacial score (nSPS) is 17.0. The van der Waals surface area contributed by atoms with Crippen molar-refractivity contribution < 1.29 is 14.3 Å². The summed E-state index contributed by atoms with van der Waals surface area (Å²) >= 11 is 0. The van der Waals surface area contributed by atoms with E-state index in [-0.39, 0.29) is 12.1 Å². The van der Waals surface area contributed by atoms with E-state index in [1.54, 1.807) is 15.8 Å². The van der Waals surface area contributed by atoms with Crippen molar-refractivity contribution in [3.8, 4) is 5.75 Å². The van der Waals surface area contributed by atoms with Crippen LogP contribution in [0.25, 0.3) is 0 Å². The Hall–Kier alpha value is -2.54. The van der Waals surface area contributed by atoms with Gasteiger partial charge in [-0.25, -0.2) is 4.79 Å². The second kappa shape index (κ2) is 8.90. The van der Waals surface area contributed by atoms with Crippen molar-refractivity contribution in [3.05, 3.63) is 47.3 Å². The average Bonchev–Trinajstić information content (AvgIpc) is 3.12. The van der Waals surface area contributed by atoms with Gasteiger partial charge in [0.1, 0.15) is 11.9 Å². The molecule has 1 unspecified atom stereocenters. The molecule has 146 valence electrons. The number of nitrogens with one attached hydrogen (secondary N) is 1. The molecule has 0 aliphatic carbocycles. The number of urea groups is 1. The Labute approximate surface area is 160 Å². The highest BCUT2D eigenvalue weighted by atomic mass is 16.5. The molecular formula is C20H28N4O3. The standard InChI is InChI=1S/C20H28N4O3/c1-4-8-26-18-6-5-16(15(2)10-18)11-21-20(25)24-7-9-27-19(14-24)17-12-22-23(3)13-17/h5-6,10,12-13,19H,4,7-9,11,14H2,1-3H3,(H,21,25). The Kier molecular flexibility index (Phi) is 6.34. The number of amides is 2. The number of hydrogen-bond donors (Lipinski definition) is 1. The van der Waals surface area contributed by atoms with Crippen molar-refractivity contribution in [2.24, 2.45) is 7.05 Å². The molecule has 7 nitrogen and oxygen atoms in total. The quantitative estimate of drug-likeness (QED) is 0.847. The zero-order valence-corrected chi connectivity index (χ0v) is 16.3. The lowest BCUT2D eigenvalue weighted by Gasteiger charge is -2.32. The molecule has 27 heavy (non-hydrogen) atoms. The lowest BCUT2D eigenvalue weighted by Crippen LogP contribution is -2.46. The highest BCUT2D eigenvalue weighted by Gasteiger charge is 2.26. The molecular weight excluding hydrogens is 344 g/mol. The third-order valence-electron chi connectivity index (χ3n) is 4.67. The maximum absolute atomic E-state index is 12.6. The number of carbonyl (C=O) groups is 1. The minimum absolute atomic E-state index is 0.0714. The maximum Gasteiger partial charge on any atom is 0.317 e. The molecule has 1 aromatic heterocycles. The fourth-order valence-corrected chi connectivity index (χ4v) is 3.10. The number of nitrogens with zero attached hydrogens (tertiary/aromatic N) is 3. The molecule has 3 rings (SSSR count). The summed E-state index contributed by atoms with van der Waals surface area (Å²) < 4.78 is 13.2. The molecule has 1 aromatic carbocycles. The van der Waals surface area contributed by atoms with Crippen LogP contribution in [0.5, 0.6) is 5.75 Å². The van der Waals surface area contributed by atoms with E-state index in [1.165, 1.54) is 0 Å². The zero-order valence-electron chi connectivity index (χ0n) is 16.3. The number of carbonyl (C=O) groups excluding carboxylic acids is 1. The van der Waals surface area contributed by atoms with Crippen LogP contribution in [0.3, 0.4) is 0 Å². The van der Waals surface area contributed by atoms with E-state index in [2.05, 4.69) is 17.3 Å². The fourth-order valence-electron chi connectivity index (χ4n) is 3.10. The van der Waals surface area contributed by atoms with E-state index < -0.39 is 0 Å². The van der Waals surface area contributed by atoms with E-state index >= 15 is 0 Å². The minimum Gasteiger partial charge on any atom is -0.494 e. The summed E-state index contributed by atoms with van der Waals surface area (Å²) in [7, 11) is 1.87. The molecule has 0 saturated carbocycles. The molecule has 7 heteroatoms. The Morgan fingerprint density at radius 1 is 1.44 bits per heavy atom. The molecule has 1 fully saturated rings. The Balaban J connectivity index is 1.54. The van der Waals surface area contributed by atoms with Gasteiger partial charge in [0.05, 0.1) is 26.0 Å². The van der Waals surface area contributed by atoms with Gasteiger partial charge in [-0.3, -0.25) is 4.68 Å². The SMILES string of the molecule is CCCOc1ccc(CNC(=O)N2CCOC(c3cnn(C)c3)C2)c(C)c1. The van der Waals surface area contributed by atoms with Crippen molar-refractivity contribution in [2.75, 3.05) is 26.3 Å². The molecule has 1 aliphatic heterocycles. The van der Waals surface area contributed by atoms with Crippen molar-refractivity contribution in [2.45, 2.75) is 32.9 Å². The van der Waals surface area contributed by atoms with Gasteiger partial charge < -0.3 is 19.7 Å². The van der Waals surface area contributed by atoms with Crippen molar-refractivity contribution >= 4 is 6.03 Å². The van der Waals surface area contributed by atoms with Crippen LogP contribution < -0.4 is 10.1 Å². The van der Waals surface area contributed by atoms with Gasteiger partial charge in [0.2, 0.25) is 0 Å². The highest BCUT2D eigenvalue weighted by Crippen LogP contribution is 2.22. The average molecular weight is 372 g/mol. The molecule has 2 aromatic rings. The summed E-state index contributed by atoms with van der Waals surface area (Å²) in [5.74, 6) is 0.872. The molecule has 1 N–H and O–H groups in total. The van der Waals surface area contributed by atoms with Crippen LogP contribution in [0.2, 0.25) is 0 Å². The van der Waals surface area contributed by atoms with Crippen molar-refractivity contribution in [3.63, 3.8) is 0 Å². The molecule has 1 saturated heterocycles. The first kappa shape index (κ1) is 19.2. The summed E-state index contributed by atoms with van der Waals surface area (Å²) in [5.41, 5.74) is 3.19. The number of hydrogen-bond acceptors (Lipinski definition) is 4. The highest BCUT2D eigenvalue weighted by molar-refractivity contribution is 5.74. The van der Waals surface area contributed by atoms with E-state index in [0.717, 1.165) is 28.9 Å². The third-order valence-corrected chi connectivity index (χ3v) is 4.67. The van der Waals surface area contributed by atoms with Crippen LogP contribution >= 0.6 is 0 Å². The number of aryl methyl sites for hydroxylation is 2. The van der Waals surface area contributed by atoms with Gasteiger partial charge in [0.25, 0.3) is 0 Å². The Bertz CT molecular complexity index is 774. The summed E-state index contributed by atoms with van der Waals surface area (Å²) in [4.78, 5) is 14.4. The minimum atomic E-state index is -0.130. The van der Waals surface area contributed by atoms with Gasteiger partial charge in [-0.2, -0.15) is 5.10 Å². The van der Waals surface area contributed by atoms with Crippen molar-refractivity contribution in [1.29, 1.82) is 0 Å². The van der Waals surface area contributed by atoms with Gasteiger partial charge >= 0.3 is 6.03 Å². The molecule has 2 heterocycles. The largest absolute Gasteiger partial charge is 0.494 e. The summed E-state index contributed by atoms with van der Waals surface area (Å²) in [6.07, 6.45) is 4.57. The predicted octanol–water partition coefficient (Wildman–Crippen LogP) is 2.80. The number of aromatic nitrogens is 2. The fraction of sp³-hybridized carbons (Fsp3) is 0.500. The molecule has 0 bridgehead atoms. The van der Waals surface area contributed by atoms with Crippen LogP contribution in [0.1, 0.15) is 36.1 Å². The summed E-state index contributed by atoms with van der Waals surface area (Å²) in [6.45, 7) is 6.97. The number of benzene rings is 1. The van der Waals surface area contributed by atoms with Gasteiger partial charge in [-0.15, -0.1) is 0 Å². The number of ether oxygens (including phenoxy) is 2. The Morgan fingerprint density at radius 2 is 2.30 bits per heavy atom. The molecule has 0 spiro atoms. The first-order valence-corrected chi connectivity index (χ1v) is 9.42. The van der Waals surface area contributed by atoms with Crippen LogP contribution in [-0.2, 0) is 18.3 Å². The van der Waals surface area contributed by atoms with Gasteiger partial charge in [-0.1, -0.05) is 13.0 Å². The molecule has 2 amide bonds. The number of morpholine rings is 1. The lowest BCUT2D eigenvalue weighted by molar-refractivity contribution is -0.0155. The van der Waals surface area contributed by atoms with E-state index in [4.69, 9.17) is 9.47 Å². The van der Waals surface area contributed by atoms with Crippen LogP contribution in [-0.4, -0.2) is 47.0 Å². The van der Waals surface area contributed by atoms with Crippen LogP contribution in [0.4, 0.5) is 4.79 Å². The third kappa shape index (κ3) is 5.01. The second-order valence-electron chi connectivity index (χ2n) is 6.85. The first-order valence-electron chi connectivity index (χ1n) is 9.42. The van der Waals surface area contributed by atoms with Crippen LogP contribution in [0, 0.1) is 6.92 Å². The monoisotopic (exact) mass is 372 g/mol. The van der Waals surface area contributed by atoms with Gasteiger partial charge in [0, 0.05) is 31.9 Å². The van der Waals surface area contributed by atoms with E-state index in [0.29, 0.717) is 32.8 Å². The summed E-state index contributed by atoms with van der Waals surface area (Å²) in [5, 5.41) is 7.20. The smallest absolute Gasteiger partial charge is 0.317 e. The molecule has 1 atom stereocenters. The molecule has 1 aliphatic rings. The lowest BCUT2D eigenvalue weighted by atomic mass is 10.1. The number of rotatable bonds is 6. The maximum atomic E-state index is 12.6. The first-order chi connectivity index (χ1) is 13.1. The predicted molar refractivity (Wildman–Crippen MR) is 103 cm³/mol. The van der Waals surface area contributed by atoms with E-state index in [1.807, 2.05) is 38.4 Å². The Morgan fingerprint density at radius 3 is 3.00 bits per heavy atom. The van der Waals surface area contributed by atoms with Crippen LogP contribution in [0.15, 0.2) is 30.6 Å². The topological polar surface area (TPSA) is 68.6 Å². The van der Waals surface area contributed by atoms with Crippen molar-refractivity contribution in [1.82, 2.24) is 20.0 Å². The van der Waals surface area contributed by atoms with Gasteiger partial charge in [-0.05, 0) is 36.6 Å². The van der Waals surface area contributed by atoms with E-state index in [9.17, 15) is 4.79 Å². The zero-order chi connectivity index (χ0) is 19.2. The second-order valence-corrected chi connectivity index (χ2v) is 6.85.